The molecule has 1 heterocycles. The number of amides is 3. The first-order valence-corrected chi connectivity index (χ1v) is 8.33. The largest absolute Gasteiger partial charge is 0.389 e. The maximum atomic E-state index is 13.2. The molecule has 1 aliphatic heterocycles. The molecule has 1 fully saturated rings. The lowest BCUT2D eigenvalue weighted by atomic mass is 10.0. The van der Waals surface area contributed by atoms with Gasteiger partial charge in [0.15, 0.2) is 0 Å². The second kappa shape index (κ2) is 8.24. The average Bonchev–Trinajstić information content (AvgIpc) is 2.96. The molecule has 0 radical (unpaired) electrons. The van der Waals surface area contributed by atoms with Gasteiger partial charge in [-0.05, 0) is 35.4 Å². The number of aliphatic hydroxyl groups is 1. The Morgan fingerprint density at radius 3 is 1.96 bits per heavy atom. The van der Waals surface area contributed by atoms with Crippen LogP contribution in [0.2, 0.25) is 0 Å². The number of ether oxygens (including phenoxy) is 1. The Morgan fingerprint density at radius 1 is 1.00 bits per heavy atom. The molecule has 1 unspecified atom stereocenters. The van der Waals surface area contributed by atoms with Gasteiger partial charge in [0.05, 0.1) is 25.8 Å². The first-order chi connectivity index (χ1) is 12.9. The molecular weight excluding hydrogens is 358 g/mol. The van der Waals surface area contributed by atoms with Gasteiger partial charge in [-0.25, -0.2) is 13.6 Å². The number of carbonyl (C=O) groups is 2. The second-order valence-electron chi connectivity index (χ2n) is 6.13. The second-order valence-corrected chi connectivity index (χ2v) is 6.13. The summed E-state index contributed by atoms with van der Waals surface area (Å²) in [6.45, 7) is -0.485. The van der Waals surface area contributed by atoms with Gasteiger partial charge in [-0.1, -0.05) is 24.3 Å². The minimum absolute atomic E-state index is 0.0970. The summed E-state index contributed by atoms with van der Waals surface area (Å²) in [4.78, 5) is 24.0. The van der Waals surface area contributed by atoms with Crippen molar-refractivity contribution in [2.75, 3.05) is 19.7 Å². The summed E-state index contributed by atoms with van der Waals surface area (Å²) in [6, 6.07) is 10.7. The lowest BCUT2D eigenvalue weighted by molar-refractivity contribution is -0.126. The van der Waals surface area contributed by atoms with Gasteiger partial charge < -0.3 is 15.2 Å². The molecule has 1 saturated heterocycles. The zero-order valence-electron chi connectivity index (χ0n) is 14.3. The summed E-state index contributed by atoms with van der Waals surface area (Å²) in [7, 11) is 0. The fourth-order valence-corrected chi connectivity index (χ4v) is 2.77. The Balaban J connectivity index is 1.71. The summed E-state index contributed by atoms with van der Waals surface area (Å²) in [6.07, 6.45) is -1.79. The molecule has 3 rings (SSSR count). The van der Waals surface area contributed by atoms with E-state index in [-0.39, 0.29) is 19.7 Å². The molecule has 6 nitrogen and oxygen atoms in total. The van der Waals surface area contributed by atoms with Crippen LogP contribution in [0, 0.1) is 11.6 Å². The molecule has 3 amide bonds. The van der Waals surface area contributed by atoms with E-state index in [9.17, 15) is 23.5 Å². The van der Waals surface area contributed by atoms with Crippen LogP contribution >= 0.6 is 0 Å². The number of carbonyl (C=O) groups excluding carboxylic acids is 2. The van der Waals surface area contributed by atoms with Gasteiger partial charge in [0.1, 0.15) is 17.7 Å². The van der Waals surface area contributed by atoms with E-state index < -0.39 is 35.8 Å². The number of imide groups is 1. The fourth-order valence-electron chi connectivity index (χ4n) is 2.77. The zero-order chi connectivity index (χ0) is 19.4. The molecule has 0 aromatic heterocycles. The topological polar surface area (TPSA) is 78.9 Å². The summed E-state index contributed by atoms with van der Waals surface area (Å²) < 4.78 is 32.2. The van der Waals surface area contributed by atoms with Gasteiger partial charge in [-0.2, -0.15) is 0 Å². The average molecular weight is 376 g/mol. The van der Waals surface area contributed by atoms with Crippen molar-refractivity contribution in [3.05, 3.63) is 71.3 Å². The molecule has 0 saturated carbocycles. The number of aliphatic hydroxyl groups excluding tert-OH is 1. The van der Waals surface area contributed by atoms with Gasteiger partial charge in [-0.3, -0.25) is 9.69 Å². The van der Waals surface area contributed by atoms with Gasteiger partial charge in [-0.15, -0.1) is 0 Å². The smallest absolute Gasteiger partial charge is 0.324 e. The molecule has 0 spiro atoms. The van der Waals surface area contributed by atoms with E-state index in [0.717, 1.165) is 4.90 Å². The Labute approximate surface area is 154 Å². The molecule has 27 heavy (non-hydrogen) atoms. The van der Waals surface area contributed by atoms with E-state index in [1.165, 1.54) is 48.5 Å². The third kappa shape index (κ3) is 4.66. The van der Waals surface area contributed by atoms with Crippen molar-refractivity contribution in [1.29, 1.82) is 0 Å². The fraction of sp³-hybridized carbons (Fsp3) is 0.263. The molecular formula is C19H18F2N2O4. The minimum Gasteiger partial charge on any atom is -0.389 e. The standard InChI is InChI=1S/C19H18F2N2O4/c20-14-5-1-12(2-6-14)18(13-3-7-15(21)8-4-13)27-11-16(24)10-23-17(25)9-22-19(23)26/h1-8,16,18,24H,9-11H2,(H,22,26). The van der Waals surface area contributed by atoms with E-state index in [0.29, 0.717) is 11.1 Å². The van der Waals surface area contributed by atoms with Crippen molar-refractivity contribution in [2.45, 2.75) is 12.2 Å². The SMILES string of the molecule is O=C1CNC(=O)N1CC(O)COC(c1ccc(F)cc1)c1ccc(F)cc1. The maximum Gasteiger partial charge on any atom is 0.324 e. The van der Waals surface area contributed by atoms with E-state index in [4.69, 9.17) is 4.74 Å². The summed E-state index contributed by atoms with van der Waals surface area (Å²) >= 11 is 0. The van der Waals surface area contributed by atoms with Gasteiger partial charge in [0.25, 0.3) is 0 Å². The number of nitrogens with one attached hydrogen (secondary N) is 1. The number of β-amino-alcohol motifs (C(OH)–C–C–N with tert-alkyl or cyclic N) is 1. The van der Waals surface area contributed by atoms with E-state index in [1.807, 2.05) is 0 Å². The molecule has 142 valence electrons. The molecule has 0 aliphatic carbocycles. The molecule has 1 aliphatic rings. The molecule has 8 heteroatoms. The maximum absolute atomic E-state index is 13.2. The lowest BCUT2D eigenvalue weighted by Crippen LogP contribution is -2.39. The summed E-state index contributed by atoms with van der Waals surface area (Å²) in [5.41, 5.74) is 1.23. The lowest BCUT2D eigenvalue weighted by Gasteiger charge is -2.22. The molecule has 1 atom stereocenters. The Hall–Kier alpha value is -2.84. The van der Waals surface area contributed by atoms with Crippen molar-refractivity contribution in [3.63, 3.8) is 0 Å². The zero-order valence-corrected chi connectivity index (χ0v) is 14.3. The first kappa shape index (κ1) is 18.9. The number of hydrogen-bond donors (Lipinski definition) is 2. The molecule has 0 bridgehead atoms. The molecule has 2 aromatic carbocycles. The Morgan fingerprint density at radius 2 is 1.52 bits per heavy atom. The van der Waals surface area contributed by atoms with Gasteiger partial charge >= 0.3 is 6.03 Å². The number of benzene rings is 2. The Kier molecular flexibility index (Phi) is 5.78. The highest BCUT2D eigenvalue weighted by atomic mass is 19.1. The summed E-state index contributed by atoms with van der Waals surface area (Å²) in [5, 5.41) is 12.5. The van der Waals surface area contributed by atoms with Crippen molar-refractivity contribution < 1.29 is 28.2 Å². The highest BCUT2D eigenvalue weighted by molar-refractivity contribution is 6.01. The predicted octanol–water partition coefficient (Wildman–Crippen LogP) is 1.98. The van der Waals surface area contributed by atoms with Crippen molar-refractivity contribution in [1.82, 2.24) is 10.2 Å². The van der Waals surface area contributed by atoms with Crippen LogP contribution in [0.25, 0.3) is 0 Å². The van der Waals surface area contributed by atoms with E-state index >= 15 is 0 Å². The molecule has 2 N–H and O–H groups in total. The number of hydrogen-bond acceptors (Lipinski definition) is 4. The minimum atomic E-state index is -1.11. The highest BCUT2D eigenvalue weighted by Gasteiger charge is 2.30. The van der Waals surface area contributed by atoms with Crippen LogP contribution < -0.4 is 5.32 Å². The number of halogens is 2. The third-order valence-electron chi connectivity index (χ3n) is 4.13. The van der Waals surface area contributed by atoms with Crippen LogP contribution in [-0.2, 0) is 9.53 Å². The van der Waals surface area contributed by atoms with Crippen LogP contribution in [0.15, 0.2) is 48.5 Å². The van der Waals surface area contributed by atoms with Crippen molar-refractivity contribution in [2.24, 2.45) is 0 Å². The number of nitrogens with zero attached hydrogens (tertiary/aromatic N) is 1. The van der Waals surface area contributed by atoms with E-state index in [2.05, 4.69) is 5.32 Å². The number of urea groups is 1. The van der Waals surface area contributed by atoms with Gasteiger partial charge in [0.2, 0.25) is 5.91 Å². The molecule has 2 aromatic rings. The highest BCUT2D eigenvalue weighted by Crippen LogP contribution is 2.27. The normalized spacial score (nSPS) is 15.3. The number of rotatable bonds is 7. The van der Waals surface area contributed by atoms with Crippen LogP contribution in [0.1, 0.15) is 17.2 Å². The van der Waals surface area contributed by atoms with Crippen LogP contribution in [0.4, 0.5) is 13.6 Å². The van der Waals surface area contributed by atoms with E-state index in [1.54, 1.807) is 0 Å². The third-order valence-corrected chi connectivity index (χ3v) is 4.13. The summed E-state index contributed by atoms with van der Waals surface area (Å²) in [5.74, 6) is -1.24. The van der Waals surface area contributed by atoms with Gasteiger partial charge in [0, 0.05) is 0 Å². The Bertz CT molecular complexity index is 750. The van der Waals surface area contributed by atoms with Crippen molar-refractivity contribution >= 4 is 11.9 Å². The van der Waals surface area contributed by atoms with Crippen LogP contribution in [0.3, 0.4) is 0 Å². The van der Waals surface area contributed by atoms with Crippen LogP contribution in [-0.4, -0.2) is 47.7 Å². The van der Waals surface area contributed by atoms with Crippen molar-refractivity contribution in [3.8, 4) is 0 Å². The predicted molar refractivity (Wildman–Crippen MR) is 91.7 cm³/mol. The first-order valence-electron chi connectivity index (χ1n) is 8.33. The van der Waals surface area contributed by atoms with Crippen LogP contribution in [0.5, 0.6) is 0 Å². The monoisotopic (exact) mass is 376 g/mol. The quantitative estimate of drug-likeness (QED) is 0.725.